The number of benzene rings is 1. The Bertz CT molecular complexity index is 749. The van der Waals surface area contributed by atoms with Crippen LogP contribution < -0.4 is 0 Å². The first-order valence-corrected chi connectivity index (χ1v) is 11.0. The Kier molecular flexibility index (Phi) is 6.75. The highest BCUT2D eigenvalue weighted by molar-refractivity contribution is 5.75. The largest absolute Gasteiger partial charge is 0.458 e. The summed E-state index contributed by atoms with van der Waals surface area (Å²) in [7, 11) is 0. The summed E-state index contributed by atoms with van der Waals surface area (Å²) < 4.78 is 17.9. The van der Waals surface area contributed by atoms with Gasteiger partial charge in [-0.3, -0.25) is 0 Å². The molecule has 0 bridgehead atoms. The summed E-state index contributed by atoms with van der Waals surface area (Å²) >= 11 is 0. The van der Waals surface area contributed by atoms with Gasteiger partial charge in [0.25, 0.3) is 0 Å². The van der Waals surface area contributed by atoms with Crippen LogP contribution in [0.1, 0.15) is 65.9 Å². The van der Waals surface area contributed by atoms with E-state index in [1.807, 2.05) is 58.9 Å². The Hall–Kier alpha value is -1.69. The predicted octanol–water partition coefficient (Wildman–Crippen LogP) is 4.60. The van der Waals surface area contributed by atoms with Gasteiger partial charge in [-0.15, -0.1) is 0 Å². The lowest BCUT2D eigenvalue weighted by molar-refractivity contribution is -0.181. The van der Waals surface area contributed by atoms with E-state index in [0.29, 0.717) is 0 Å². The molecule has 1 aliphatic heterocycles. The number of aliphatic hydroxyl groups excluding tert-OH is 1. The van der Waals surface area contributed by atoms with Crippen molar-refractivity contribution in [2.24, 2.45) is 11.8 Å². The van der Waals surface area contributed by atoms with Gasteiger partial charge in [-0.1, -0.05) is 49.4 Å². The molecule has 0 spiro atoms. The number of carbonyl (C=O) groups is 1. The van der Waals surface area contributed by atoms with Gasteiger partial charge < -0.3 is 19.3 Å². The predicted molar refractivity (Wildman–Crippen MR) is 116 cm³/mol. The van der Waals surface area contributed by atoms with E-state index in [0.717, 1.165) is 12.8 Å². The zero-order chi connectivity index (χ0) is 22.1. The quantitative estimate of drug-likeness (QED) is 0.574. The lowest BCUT2D eigenvalue weighted by Gasteiger charge is -2.39. The van der Waals surface area contributed by atoms with Gasteiger partial charge in [-0.25, -0.2) is 4.79 Å². The molecule has 1 heterocycles. The highest BCUT2D eigenvalue weighted by Crippen LogP contribution is 2.45. The van der Waals surface area contributed by atoms with E-state index in [1.54, 1.807) is 0 Å². The maximum absolute atomic E-state index is 12.9. The van der Waals surface area contributed by atoms with Gasteiger partial charge in [-0.2, -0.15) is 0 Å². The van der Waals surface area contributed by atoms with Crippen molar-refractivity contribution in [2.45, 2.75) is 90.0 Å². The molecular weight excluding hydrogens is 380 g/mol. The summed E-state index contributed by atoms with van der Waals surface area (Å²) in [6, 6.07) is 10.2. The van der Waals surface area contributed by atoms with E-state index in [9.17, 15) is 9.90 Å². The summed E-state index contributed by atoms with van der Waals surface area (Å²) in [5.74, 6) is -1.69. The molecule has 1 unspecified atom stereocenters. The molecular formula is C25H36O5. The fourth-order valence-corrected chi connectivity index (χ4v) is 4.74. The number of rotatable bonds is 4. The van der Waals surface area contributed by atoms with Crippen molar-refractivity contribution in [3.05, 3.63) is 48.0 Å². The van der Waals surface area contributed by atoms with Gasteiger partial charge in [0, 0.05) is 5.92 Å². The Balaban J connectivity index is 1.99. The molecule has 0 saturated carbocycles. The number of fused-ring (bicyclic) bond motifs is 1. The minimum absolute atomic E-state index is 0.0184. The van der Waals surface area contributed by atoms with E-state index in [-0.39, 0.29) is 17.9 Å². The molecule has 0 radical (unpaired) electrons. The van der Waals surface area contributed by atoms with Crippen LogP contribution in [0.4, 0.5) is 0 Å². The normalized spacial score (nSPS) is 31.7. The Morgan fingerprint density at radius 3 is 2.50 bits per heavy atom. The van der Waals surface area contributed by atoms with E-state index >= 15 is 0 Å². The number of hydrogen-bond acceptors (Lipinski definition) is 5. The van der Waals surface area contributed by atoms with Crippen molar-refractivity contribution in [3.8, 4) is 0 Å². The number of hydrogen-bond donors (Lipinski definition) is 1. The lowest BCUT2D eigenvalue weighted by Crippen LogP contribution is -2.49. The molecule has 5 nitrogen and oxygen atoms in total. The Labute approximate surface area is 180 Å². The molecule has 30 heavy (non-hydrogen) atoms. The highest BCUT2D eigenvalue weighted by Gasteiger charge is 2.52. The molecule has 5 heteroatoms. The fourth-order valence-electron chi connectivity index (χ4n) is 4.74. The molecule has 6 atom stereocenters. The van der Waals surface area contributed by atoms with Crippen LogP contribution in [0, 0.1) is 11.8 Å². The monoisotopic (exact) mass is 416 g/mol. The third-order valence-corrected chi connectivity index (χ3v) is 6.01. The zero-order valence-corrected chi connectivity index (χ0v) is 19.0. The second-order valence-electron chi connectivity index (χ2n) is 9.99. The van der Waals surface area contributed by atoms with Gasteiger partial charge in [-0.05, 0) is 64.9 Å². The average Bonchev–Trinajstić information content (AvgIpc) is 2.94. The van der Waals surface area contributed by atoms with Crippen molar-refractivity contribution in [3.63, 3.8) is 0 Å². The standard InChI is InChI=1S/C25H36O5/c1-16(17-12-8-7-9-13-17)18-14-10-11-15-19-22(29-25(5,6)28-19)20(18)21(26)23(27)30-24(2,3)4/h7-9,11-13,15-16,18-22,26H,10,14H2,1-6H3/b15-11-/t16-,18?,19+,20-,21+,22+/m0/s1. The SMILES string of the molecule is C[C@@H](c1ccccc1)C1CC/C=C\[C@H]2OC(C)(C)O[C@H]2[C@@H]1[C@@H](O)C(=O)OC(C)(C)C. The molecule has 3 rings (SSSR count). The van der Waals surface area contributed by atoms with Crippen molar-refractivity contribution < 1.29 is 24.1 Å². The number of ether oxygens (including phenoxy) is 3. The van der Waals surface area contributed by atoms with E-state index in [2.05, 4.69) is 25.1 Å². The van der Waals surface area contributed by atoms with Crippen LogP contribution in [-0.4, -0.2) is 40.8 Å². The van der Waals surface area contributed by atoms with Crippen LogP contribution in [0.3, 0.4) is 0 Å². The third-order valence-electron chi connectivity index (χ3n) is 6.01. The van der Waals surface area contributed by atoms with Gasteiger partial charge in [0.05, 0.1) is 6.10 Å². The minimum atomic E-state index is -1.29. The van der Waals surface area contributed by atoms with Crippen molar-refractivity contribution in [1.82, 2.24) is 0 Å². The van der Waals surface area contributed by atoms with Gasteiger partial charge in [0.15, 0.2) is 11.9 Å². The number of esters is 1. The summed E-state index contributed by atoms with van der Waals surface area (Å²) in [6.07, 6.45) is 3.79. The van der Waals surface area contributed by atoms with Gasteiger partial charge in [0.1, 0.15) is 11.7 Å². The van der Waals surface area contributed by atoms with Gasteiger partial charge >= 0.3 is 5.97 Å². The lowest BCUT2D eigenvalue weighted by atomic mass is 9.70. The highest BCUT2D eigenvalue weighted by atomic mass is 16.8. The van der Waals surface area contributed by atoms with Crippen molar-refractivity contribution in [2.75, 3.05) is 0 Å². The third kappa shape index (κ3) is 5.32. The molecule has 1 saturated heterocycles. The van der Waals surface area contributed by atoms with E-state index in [4.69, 9.17) is 14.2 Å². The summed E-state index contributed by atoms with van der Waals surface area (Å²) in [5, 5.41) is 11.3. The van der Waals surface area contributed by atoms with Crippen LogP contribution in [0.25, 0.3) is 0 Å². The maximum Gasteiger partial charge on any atom is 0.335 e. The molecule has 1 fully saturated rings. The smallest absolute Gasteiger partial charge is 0.335 e. The minimum Gasteiger partial charge on any atom is -0.458 e. The summed E-state index contributed by atoms with van der Waals surface area (Å²) in [5.41, 5.74) is 0.509. The molecule has 166 valence electrons. The van der Waals surface area contributed by atoms with Crippen LogP contribution in [0.2, 0.25) is 0 Å². The molecule has 1 aromatic carbocycles. The van der Waals surface area contributed by atoms with E-state index < -0.39 is 35.5 Å². The summed E-state index contributed by atoms with van der Waals surface area (Å²) in [4.78, 5) is 12.9. The molecule has 1 N–H and O–H groups in total. The molecule has 0 amide bonds. The van der Waals surface area contributed by atoms with E-state index in [1.165, 1.54) is 5.56 Å². The molecule has 1 aromatic rings. The number of carbonyl (C=O) groups excluding carboxylic acids is 1. The van der Waals surface area contributed by atoms with Crippen molar-refractivity contribution in [1.29, 1.82) is 0 Å². The number of aliphatic hydroxyl groups is 1. The molecule has 1 aliphatic carbocycles. The van der Waals surface area contributed by atoms with Crippen LogP contribution >= 0.6 is 0 Å². The second-order valence-corrected chi connectivity index (χ2v) is 9.99. The second kappa shape index (κ2) is 8.81. The van der Waals surface area contributed by atoms with Crippen molar-refractivity contribution >= 4 is 5.97 Å². The zero-order valence-electron chi connectivity index (χ0n) is 19.0. The first-order valence-electron chi connectivity index (χ1n) is 11.0. The maximum atomic E-state index is 12.9. The van der Waals surface area contributed by atoms with Crippen LogP contribution in [-0.2, 0) is 19.0 Å². The van der Waals surface area contributed by atoms with Crippen LogP contribution in [0.5, 0.6) is 0 Å². The molecule has 0 aromatic heterocycles. The first-order chi connectivity index (χ1) is 14.0. The first kappa shape index (κ1) is 23.0. The number of allylic oxidation sites excluding steroid dienone is 1. The summed E-state index contributed by atoms with van der Waals surface area (Å²) in [6.45, 7) is 11.3. The Morgan fingerprint density at radius 1 is 1.20 bits per heavy atom. The fraction of sp³-hybridized carbons (Fsp3) is 0.640. The Morgan fingerprint density at radius 2 is 1.87 bits per heavy atom. The average molecular weight is 417 g/mol. The van der Waals surface area contributed by atoms with Crippen LogP contribution in [0.15, 0.2) is 42.5 Å². The molecule has 2 aliphatic rings. The topological polar surface area (TPSA) is 65.0 Å². The van der Waals surface area contributed by atoms with Gasteiger partial charge in [0.2, 0.25) is 0 Å².